The minimum atomic E-state index is 0.106. The van der Waals surface area contributed by atoms with Crippen LogP contribution in [0, 0.1) is 0 Å². The van der Waals surface area contributed by atoms with Gasteiger partial charge in [0.15, 0.2) is 9.03 Å². The summed E-state index contributed by atoms with van der Waals surface area (Å²) in [7, 11) is 6.54. The maximum Gasteiger partial charge on any atom is 0.155 e. The third-order valence-corrected chi connectivity index (χ3v) is 3.07. The maximum atomic E-state index is 5.50. The Kier molecular flexibility index (Phi) is 8.19. The van der Waals surface area contributed by atoms with Crippen molar-refractivity contribution in [3.8, 4) is 0 Å². The van der Waals surface area contributed by atoms with Crippen molar-refractivity contribution in [2.45, 2.75) is 6.61 Å². The van der Waals surface area contributed by atoms with Crippen LogP contribution in [0.25, 0.3) is 0 Å². The van der Waals surface area contributed by atoms with E-state index >= 15 is 0 Å². The van der Waals surface area contributed by atoms with Crippen molar-refractivity contribution in [3.05, 3.63) is 35.9 Å². The van der Waals surface area contributed by atoms with Crippen LogP contribution in [0.4, 0.5) is 0 Å². The van der Waals surface area contributed by atoms with E-state index in [0.717, 1.165) is 17.6 Å². The van der Waals surface area contributed by atoms with Gasteiger partial charge in [-0.2, -0.15) is 0 Å². The molecular formula is C14H25NO3P+. The normalized spacial score (nSPS) is 12.4. The van der Waals surface area contributed by atoms with E-state index in [1.54, 1.807) is 0 Å². The summed E-state index contributed by atoms with van der Waals surface area (Å²) in [5.41, 5.74) is 1.18. The molecule has 0 bridgehead atoms. The van der Waals surface area contributed by atoms with Crippen molar-refractivity contribution >= 4 is 9.03 Å². The molecule has 0 saturated heterocycles. The van der Waals surface area contributed by atoms with Crippen molar-refractivity contribution in [2.24, 2.45) is 0 Å². The van der Waals surface area contributed by atoms with Crippen molar-refractivity contribution in [3.63, 3.8) is 0 Å². The molecule has 5 heteroatoms. The first-order chi connectivity index (χ1) is 9.08. The lowest BCUT2D eigenvalue weighted by Crippen LogP contribution is -2.37. The van der Waals surface area contributed by atoms with Gasteiger partial charge in [0.05, 0.1) is 41.0 Å². The standard InChI is InChI=1S/C14H25NO3P/c1-15(2,3)9-10-17-19-18-12-11-16-13-14-7-5-4-6-8-14/h4-8,19H,9-13H2,1-3H3/q+1. The molecule has 0 radical (unpaired) electrons. The van der Waals surface area contributed by atoms with E-state index in [2.05, 4.69) is 33.3 Å². The van der Waals surface area contributed by atoms with E-state index in [1.165, 1.54) is 5.56 Å². The number of benzene rings is 1. The SMILES string of the molecule is C[N+](C)(C)CCOPOCCOCc1ccccc1. The fourth-order valence-electron chi connectivity index (χ4n) is 1.31. The van der Waals surface area contributed by atoms with Gasteiger partial charge in [-0.3, -0.25) is 0 Å². The molecule has 1 aromatic rings. The van der Waals surface area contributed by atoms with Crippen molar-refractivity contribution < 1.29 is 18.3 Å². The predicted molar refractivity (Wildman–Crippen MR) is 79.2 cm³/mol. The van der Waals surface area contributed by atoms with Crippen molar-refractivity contribution in [1.29, 1.82) is 0 Å². The number of rotatable bonds is 10. The summed E-state index contributed by atoms with van der Waals surface area (Å²) in [6, 6.07) is 10.1. The van der Waals surface area contributed by atoms with Gasteiger partial charge in [0.25, 0.3) is 0 Å². The highest BCUT2D eigenvalue weighted by molar-refractivity contribution is 7.26. The summed E-state index contributed by atoms with van der Waals surface area (Å²) in [4.78, 5) is 0. The van der Waals surface area contributed by atoms with E-state index in [-0.39, 0.29) is 9.03 Å². The molecule has 1 aromatic carbocycles. The Bertz CT molecular complexity index is 327. The maximum absolute atomic E-state index is 5.50. The summed E-state index contributed by atoms with van der Waals surface area (Å²) in [6.45, 7) is 3.53. The van der Waals surface area contributed by atoms with E-state index in [4.69, 9.17) is 13.8 Å². The van der Waals surface area contributed by atoms with Gasteiger partial charge in [-0.15, -0.1) is 0 Å². The smallest absolute Gasteiger partial charge is 0.155 e. The van der Waals surface area contributed by atoms with Gasteiger partial charge in [0, 0.05) is 0 Å². The number of hydrogen-bond donors (Lipinski definition) is 0. The molecular weight excluding hydrogens is 261 g/mol. The quantitative estimate of drug-likeness (QED) is 0.376. The predicted octanol–water partition coefficient (Wildman–Crippen LogP) is 2.45. The second-order valence-electron chi connectivity index (χ2n) is 5.33. The van der Waals surface area contributed by atoms with Gasteiger partial charge in [-0.05, 0) is 5.56 Å². The fourth-order valence-corrected chi connectivity index (χ4v) is 1.73. The Labute approximate surface area is 118 Å². The second kappa shape index (κ2) is 9.40. The second-order valence-corrected chi connectivity index (χ2v) is 6.08. The molecule has 0 aliphatic carbocycles. The lowest BCUT2D eigenvalue weighted by molar-refractivity contribution is -0.870. The Balaban J connectivity index is 1.87. The number of likely N-dealkylation sites (N-methyl/N-ethyl adjacent to an activating group) is 1. The third-order valence-electron chi connectivity index (χ3n) is 2.42. The molecule has 0 amide bonds. The molecule has 0 saturated carbocycles. The van der Waals surface area contributed by atoms with Crippen LogP contribution in [0.3, 0.4) is 0 Å². The molecule has 0 aromatic heterocycles. The zero-order valence-corrected chi connectivity index (χ0v) is 13.1. The van der Waals surface area contributed by atoms with Crippen LogP contribution >= 0.6 is 9.03 Å². The Hall–Kier alpha value is -0.510. The lowest BCUT2D eigenvalue weighted by Gasteiger charge is -2.23. The number of hydrogen-bond acceptors (Lipinski definition) is 3. The zero-order valence-electron chi connectivity index (χ0n) is 12.1. The van der Waals surface area contributed by atoms with Gasteiger partial charge in [-0.25, -0.2) is 0 Å². The highest BCUT2D eigenvalue weighted by Gasteiger charge is 2.05. The monoisotopic (exact) mass is 286 g/mol. The summed E-state index contributed by atoms with van der Waals surface area (Å²) in [5.74, 6) is 0. The Morgan fingerprint density at radius 2 is 1.63 bits per heavy atom. The van der Waals surface area contributed by atoms with E-state index in [1.807, 2.05) is 18.2 Å². The molecule has 0 spiro atoms. The number of nitrogens with zero attached hydrogens (tertiary/aromatic N) is 1. The first-order valence-corrected chi connectivity index (χ1v) is 7.30. The van der Waals surface area contributed by atoms with Gasteiger partial charge >= 0.3 is 0 Å². The molecule has 0 aliphatic heterocycles. The van der Waals surface area contributed by atoms with E-state index in [9.17, 15) is 0 Å². The highest BCUT2D eigenvalue weighted by atomic mass is 31.1. The van der Waals surface area contributed by atoms with Crippen LogP contribution in [0.1, 0.15) is 5.56 Å². The van der Waals surface area contributed by atoms with E-state index in [0.29, 0.717) is 19.8 Å². The van der Waals surface area contributed by atoms with Crippen LogP contribution in [0.5, 0.6) is 0 Å². The molecule has 0 N–H and O–H groups in total. The summed E-state index contributed by atoms with van der Waals surface area (Å²) < 4.78 is 17.2. The van der Waals surface area contributed by atoms with E-state index < -0.39 is 0 Å². The third kappa shape index (κ3) is 10.00. The number of quaternary nitrogens is 1. The molecule has 1 unspecified atom stereocenters. The summed E-state index contributed by atoms with van der Waals surface area (Å²) in [6.07, 6.45) is 0. The minimum absolute atomic E-state index is 0.106. The van der Waals surface area contributed by atoms with Crippen LogP contribution in [-0.4, -0.2) is 52.0 Å². The number of ether oxygens (including phenoxy) is 1. The van der Waals surface area contributed by atoms with Gasteiger partial charge < -0.3 is 18.3 Å². The van der Waals surface area contributed by atoms with Gasteiger partial charge in [-0.1, -0.05) is 30.3 Å². The molecule has 0 heterocycles. The largest absolute Gasteiger partial charge is 0.374 e. The molecule has 4 nitrogen and oxygen atoms in total. The zero-order chi connectivity index (χ0) is 14.0. The fraction of sp³-hybridized carbons (Fsp3) is 0.571. The van der Waals surface area contributed by atoms with Crippen LogP contribution < -0.4 is 0 Å². The van der Waals surface area contributed by atoms with Crippen LogP contribution in [0.2, 0.25) is 0 Å². The van der Waals surface area contributed by atoms with Crippen LogP contribution in [0.15, 0.2) is 30.3 Å². The van der Waals surface area contributed by atoms with Gasteiger partial charge in [0.1, 0.15) is 13.2 Å². The summed E-state index contributed by atoms with van der Waals surface area (Å²) in [5, 5.41) is 0. The molecule has 19 heavy (non-hydrogen) atoms. The van der Waals surface area contributed by atoms with Crippen molar-refractivity contribution in [2.75, 3.05) is 47.5 Å². The highest BCUT2D eigenvalue weighted by Crippen LogP contribution is 2.13. The first-order valence-electron chi connectivity index (χ1n) is 6.49. The average Bonchev–Trinajstić information content (AvgIpc) is 2.37. The minimum Gasteiger partial charge on any atom is -0.374 e. The molecule has 0 aliphatic rings. The molecule has 0 fully saturated rings. The van der Waals surface area contributed by atoms with Crippen LogP contribution in [-0.2, 0) is 20.4 Å². The topological polar surface area (TPSA) is 27.7 Å². The molecule has 1 atom stereocenters. The molecule has 108 valence electrons. The lowest BCUT2D eigenvalue weighted by atomic mass is 10.2. The van der Waals surface area contributed by atoms with Crippen molar-refractivity contribution in [1.82, 2.24) is 0 Å². The Morgan fingerprint density at radius 1 is 0.947 bits per heavy atom. The van der Waals surface area contributed by atoms with Gasteiger partial charge in [0.2, 0.25) is 0 Å². The first kappa shape index (κ1) is 16.5. The molecule has 1 rings (SSSR count). The average molecular weight is 286 g/mol. The Morgan fingerprint density at radius 3 is 2.32 bits per heavy atom. The summed E-state index contributed by atoms with van der Waals surface area (Å²) >= 11 is 0.